The van der Waals surface area contributed by atoms with Crippen LogP contribution in [-0.4, -0.2) is 39.8 Å². The molecule has 0 aliphatic carbocycles. The van der Waals surface area contributed by atoms with E-state index in [1.807, 2.05) is 20.8 Å². The molecule has 0 radical (unpaired) electrons. The summed E-state index contributed by atoms with van der Waals surface area (Å²) in [6.45, 7) is 5.53. The predicted molar refractivity (Wildman–Crippen MR) is 107 cm³/mol. The molecule has 1 aliphatic heterocycles. The number of benzene rings is 2. The molecule has 2 aromatic carbocycles. The Hall–Kier alpha value is -1.74. The lowest BCUT2D eigenvalue weighted by Crippen LogP contribution is -2.19. The van der Waals surface area contributed by atoms with Crippen LogP contribution in [0.2, 0.25) is 0 Å². The van der Waals surface area contributed by atoms with E-state index in [-0.39, 0.29) is 22.4 Å². The van der Waals surface area contributed by atoms with Crippen molar-refractivity contribution in [2.75, 3.05) is 6.61 Å². The topological polar surface area (TPSA) is 80.5 Å². The van der Waals surface area contributed by atoms with Gasteiger partial charge in [0, 0.05) is 6.04 Å². The predicted octanol–water partition coefficient (Wildman–Crippen LogP) is 3.25. The molecule has 0 spiro atoms. The van der Waals surface area contributed by atoms with Crippen molar-refractivity contribution in [3.8, 4) is 0 Å². The van der Waals surface area contributed by atoms with Gasteiger partial charge in [0.25, 0.3) is 10.1 Å². The molecule has 1 fully saturated rings. The maximum absolute atomic E-state index is 13.0. The number of nitrogens with zero attached hydrogens (tertiary/aromatic N) is 1. The first kappa shape index (κ1) is 21.0. The second-order valence-corrected chi connectivity index (χ2v) is 10.6. The number of aryl methyl sites for hydroxylation is 2. The summed E-state index contributed by atoms with van der Waals surface area (Å²) in [5.41, 5.74) is 1.92. The van der Waals surface area contributed by atoms with E-state index in [1.165, 1.54) is 16.4 Å². The van der Waals surface area contributed by atoms with E-state index >= 15 is 0 Å². The van der Waals surface area contributed by atoms with Gasteiger partial charge in [0.15, 0.2) is 0 Å². The zero-order valence-electron chi connectivity index (χ0n) is 16.2. The van der Waals surface area contributed by atoms with Crippen LogP contribution < -0.4 is 0 Å². The Morgan fingerprint density at radius 3 is 1.82 bits per heavy atom. The van der Waals surface area contributed by atoms with E-state index in [9.17, 15) is 16.8 Å². The quantitative estimate of drug-likeness (QED) is 0.481. The lowest BCUT2D eigenvalue weighted by atomic mass is 10.2. The first-order valence-electron chi connectivity index (χ1n) is 9.23. The molecule has 0 N–H and O–H groups in total. The van der Waals surface area contributed by atoms with Gasteiger partial charge in [0.2, 0.25) is 10.0 Å². The molecule has 28 heavy (non-hydrogen) atoms. The van der Waals surface area contributed by atoms with Gasteiger partial charge in [0.05, 0.1) is 22.4 Å². The summed E-state index contributed by atoms with van der Waals surface area (Å²) in [7, 11) is -7.61. The third kappa shape index (κ3) is 4.30. The third-order valence-corrected chi connectivity index (χ3v) is 8.15. The second-order valence-electron chi connectivity index (χ2n) is 7.12. The first-order chi connectivity index (χ1) is 13.2. The van der Waals surface area contributed by atoms with Crippen molar-refractivity contribution in [2.24, 2.45) is 0 Å². The van der Waals surface area contributed by atoms with E-state index in [0.717, 1.165) is 17.5 Å². The standard InChI is InChI=1S/C20H25NO5S2/c1-4-5-19-20(14-26-28(24,25)18-12-8-16(3)9-13-18)21(19)27(22,23)17-10-6-15(2)7-11-17/h6-13,19-20H,4-5,14H2,1-3H3/t19-,20-,21?/m1/s1. The van der Waals surface area contributed by atoms with Crippen LogP contribution in [-0.2, 0) is 24.3 Å². The van der Waals surface area contributed by atoms with E-state index in [0.29, 0.717) is 6.42 Å². The molecule has 0 saturated carbocycles. The van der Waals surface area contributed by atoms with E-state index in [1.54, 1.807) is 36.4 Å². The van der Waals surface area contributed by atoms with Crippen molar-refractivity contribution in [2.45, 2.75) is 55.5 Å². The second kappa shape index (κ2) is 7.94. The van der Waals surface area contributed by atoms with Gasteiger partial charge in [-0.25, -0.2) is 8.42 Å². The van der Waals surface area contributed by atoms with Crippen LogP contribution in [0.4, 0.5) is 0 Å². The maximum atomic E-state index is 13.0. The summed E-state index contributed by atoms with van der Waals surface area (Å²) in [5, 5.41) is 0. The van der Waals surface area contributed by atoms with Gasteiger partial charge in [-0.05, 0) is 44.5 Å². The van der Waals surface area contributed by atoms with Gasteiger partial charge < -0.3 is 0 Å². The minimum Gasteiger partial charge on any atom is -0.265 e. The minimum absolute atomic E-state index is 0.0683. The Morgan fingerprint density at radius 1 is 0.821 bits per heavy atom. The lowest BCUT2D eigenvalue weighted by molar-refractivity contribution is 0.309. The fraction of sp³-hybridized carbons (Fsp3) is 0.400. The Balaban J connectivity index is 1.76. The van der Waals surface area contributed by atoms with Crippen LogP contribution in [0.1, 0.15) is 30.9 Å². The Morgan fingerprint density at radius 2 is 1.32 bits per heavy atom. The van der Waals surface area contributed by atoms with Crippen molar-refractivity contribution in [1.82, 2.24) is 4.31 Å². The fourth-order valence-corrected chi connectivity index (χ4v) is 5.98. The van der Waals surface area contributed by atoms with Gasteiger partial charge in [-0.1, -0.05) is 48.7 Å². The fourth-order valence-electron chi connectivity index (χ4n) is 3.23. The minimum atomic E-state index is -3.93. The summed E-state index contributed by atoms with van der Waals surface area (Å²) in [6, 6.07) is 12.3. The molecule has 6 nitrogen and oxygen atoms in total. The zero-order valence-corrected chi connectivity index (χ0v) is 17.8. The highest BCUT2D eigenvalue weighted by atomic mass is 32.2. The highest BCUT2D eigenvalue weighted by molar-refractivity contribution is 7.89. The summed E-state index contributed by atoms with van der Waals surface area (Å²) >= 11 is 0. The van der Waals surface area contributed by atoms with Crippen molar-refractivity contribution in [3.05, 3.63) is 59.7 Å². The summed E-state index contributed by atoms with van der Waals surface area (Å²) in [6.07, 6.45) is 1.45. The molecule has 0 aromatic heterocycles. The van der Waals surface area contributed by atoms with Crippen LogP contribution in [0.15, 0.2) is 58.3 Å². The summed E-state index contributed by atoms with van der Waals surface area (Å²) in [5.74, 6) is 0. The monoisotopic (exact) mass is 423 g/mol. The van der Waals surface area contributed by atoms with Crippen molar-refractivity contribution < 1.29 is 21.0 Å². The highest BCUT2D eigenvalue weighted by Crippen LogP contribution is 2.39. The van der Waals surface area contributed by atoms with Gasteiger partial charge in [-0.3, -0.25) is 4.18 Å². The van der Waals surface area contributed by atoms with Crippen molar-refractivity contribution in [3.63, 3.8) is 0 Å². The molecule has 1 aliphatic rings. The molecule has 3 atom stereocenters. The molecule has 1 unspecified atom stereocenters. The van der Waals surface area contributed by atoms with E-state index in [4.69, 9.17) is 4.18 Å². The highest BCUT2D eigenvalue weighted by Gasteiger charge is 2.55. The molecule has 1 saturated heterocycles. The molecular formula is C20H25NO5S2. The molecule has 0 bridgehead atoms. The van der Waals surface area contributed by atoms with Gasteiger partial charge >= 0.3 is 0 Å². The summed E-state index contributed by atoms with van der Waals surface area (Å²) in [4.78, 5) is 0.279. The SMILES string of the molecule is CCC[C@@H]1[C@@H](COS(=O)(=O)c2ccc(C)cc2)N1S(=O)(=O)c1ccc(C)cc1. The molecule has 2 aromatic rings. The smallest absolute Gasteiger partial charge is 0.265 e. The number of rotatable bonds is 8. The van der Waals surface area contributed by atoms with Gasteiger partial charge in [0.1, 0.15) is 0 Å². The molecule has 152 valence electrons. The van der Waals surface area contributed by atoms with Crippen LogP contribution in [0, 0.1) is 13.8 Å². The van der Waals surface area contributed by atoms with Crippen molar-refractivity contribution in [1.29, 1.82) is 0 Å². The van der Waals surface area contributed by atoms with E-state index in [2.05, 4.69) is 0 Å². The van der Waals surface area contributed by atoms with Crippen molar-refractivity contribution >= 4 is 20.1 Å². The number of hydrogen-bond acceptors (Lipinski definition) is 5. The van der Waals surface area contributed by atoms with Gasteiger partial charge in [-0.2, -0.15) is 12.7 Å². The third-order valence-electron chi connectivity index (χ3n) is 4.89. The molecular weight excluding hydrogens is 398 g/mol. The Kier molecular flexibility index (Phi) is 5.95. The van der Waals surface area contributed by atoms with E-state index < -0.39 is 26.2 Å². The Bertz CT molecular complexity index is 1030. The summed E-state index contributed by atoms with van der Waals surface area (Å²) < 4.78 is 57.3. The Labute approximate surface area is 167 Å². The molecule has 0 amide bonds. The average molecular weight is 424 g/mol. The molecule has 3 rings (SSSR count). The zero-order chi connectivity index (χ0) is 20.5. The van der Waals surface area contributed by atoms with Crippen LogP contribution in [0.5, 0.6) is 0 Å². The van der Waals surface area contributed by atoms with Crippen LogP contribution in [0.25, 0.3) is 0 Å². The largest absolute Gasteiger partial charge is 0.297 e. The van der Waals surface area contributed by atoms with Gasteiger partial charge in [-0.15, -0.1) is 0 Å². The first-order valence-corrected chi connectivity index (χ1v) is 12.1. The number of sulfonamides is 1. The van der Waals surface area contributed by atoms with Crippen LogP contribution >= 0.6 is 0 Å². The number of hydrogen-bond donors (Lipinski definition) is 0. The molecule has 8 heteroatoms. The lowest BCUT2D eigenvalue weighted by Gasteiger charge is -2.08. The van der Waals surface area contributed by atoms with Crippen LogP contribution in [0.3, 0.4) is 0 Å². The normalized spacial score (nSPS) is 22.2. The maximum Gasteiger partial charge on any atom is 0.297 e. The molecule has 1 heterocycles. The average Bonchev–Trinajstić information content (AvgIpc) is 3.35.